The van der Waals surface area contributed by atoms with Crippen LogP contribution in [-0.2, 0) is 4.79 Å². The lowest BCUT2D eigenvalue weighted by molar-refractivity contribution is -0.134. The monoisotopic (exact) mass is 396 g/mol. The fraction of sp³-hybridized carbons (Fsp3) is 0.455. The molecule has 7 heteroatoms. The molecule has 2 aliphatic heterocycles. The number of nitrogens with zero attached hydrogens (tertiary/aromatic N) is 3. The van der Waals surface area contributed by atoms with Crippen molar-refractivity contribution in [2.24, 2.45) is 0 Å². The predicted octanol–water partition coefficient (Wildman–Crippen LogP) is 1.72. The highest BCUT2D eigenvalue weighted by molar-refractivity contribution is 5.78. The number of aromatic nitrogens is 1. The number of carbonyl (C=O) groups is 1. The number of piperazine rings is 1. The Hall–Kier alpha value is -2.64. The maximum absolute atomic E-state index is 13.1. The first-order chi connectivity index (χ1) is 14.2. The number of rotatable bonds is 6. The van der Waals surface area contributed by atoms with E-state index < -0.39 is 0 Å². The van der Waals surface area contributed by atoms with E-state index in [2.05, 4.69) is 21.3 Å². The minimum Gasteiger partial charge on any atom is -0.486 e. The van der Waals surface area contributed by atoms with Crippen molar-refractivity contribution < 1.29 is 14.3 Å². The van der Waals surface area contributed by atoms with Gasteiger partial charge < -0.3 is 19.7 Å². The van der Waals surface area contributed by atoms with Gasteiger partial charge in [0.2, 0.25) is 5.91 Å². The van der Waals surface area contributed by atoms with Crippen LogP contribution < -0.4 is 14.8 Å². The van der Waals surface area contributed by atoms with Gasteiger partial charge in [0, 0.05) is 44.6 Å². The molecule has 2 aromatic rings. The molecule has 1 amide bonds. The summed E-state index contributed by atoms with van der Waals surface area (Å²) in [5, 5.41) is 3.42. The lowest BCUT2D eigenvalue weighted by Crippen LogP contribution is -2.51. The molecule has 1 N–H and O–H groups in total. The van der Waals surface area contributed by atoms with Gasteiger partial charge in [-0.15, -0.1) is 0 Å². The Balaban J connectivity index is 1.38. The van der Waals surface area contributed by atoms with E-state index >= 15 is 0 Å². The predicted molar refractivity (Wildman–Crippen MR) is 110 cm³/mol. The number of carbonyl (C=O) groups excluding carboxylic acids is 1. The zero-order chi connectivity index (χ0) is 20.1. The van der Waals surface area contributed by atoms with Crippen LogP contribution in [0.1, 0.15) is 18.5 Å². The van der Waals surface area contributed by atoms with Crippen molar-refractivity contribution in [2.45, 2.75) is 19.1 Å². The molecule has 1 fully saturated rings. The van der Waals surface area contributed by atoms with Crippen LogP contribution in [0.25, 0.3) is 0 Å². The van der Waals surface area contributed by atoms with Crippen LogP contribution in [0.15, 0.2) is 48.8 Å². The summed E-state index contributed by atoms with van der Waals surface area (Å²) < 4.78 is 11.8. The number of amides is 1. The first-order valence-electron chi connectivity index (χ1n) is 10.3. The summed E-state index contributed by atoms with van der Waals surface area (Å²) in [7, 11) is 0. The molecule has 29 heavy (non-hydrogen) atoms. The second-order valence-corrected chi connectivity index (χ2v) is 7.41. The Morgan fingerprint density at radius 1 is 1.28 bits per heavy atom. The highest BCUT2D eigenvalue weighted by Crippen LogP contribution is 2.31. The lowest BCUT2D eigenvalue weighted by atomic mass is 10.1. The Labute approximate surface area is 171 Å². The number of nitrogens with one attached hydrogen (secondary N) is 1. The molecule has 0 spiro atoms. The van der Waals surface area contributed by atoms with Crippen LogP contribution in [0.3, 0.4) is 0 Å². The number of pyridine rings is 1. The van der Waals surface area contributed by atoms with Gasteiger partial charge >= 0.3 is 0 Å². The van der Waals surface area contributed by atoms with Crippen molar-refractivity contribution >= 4 is 5.91 Å². The maximum Gasteiger partial charge on any atom is 0.236 e. The molecule has 2 atom stereocenters. The second-order valence-electron chi connectivity index (χ2n) is 7.41. The van der Waals surface area contributed by atoms with Crippen LogP contribution >= 0.6 is 0 Å². The van der Waals surface area contributed by atoms with Gasteiger partial charge in [-0.3, -0.25) is 14.7 Å². The summed E-state index contributed by atoms with van der Waals surface area (Å²) in [6, 6.07) is 11.8. The SMILES string of the molecule is CCN(CC1COc2ccccc2O1)C(=O)CN1CCNCC1c1cccnc1. The highest BCUT2D eigenvalue weighted by atomic mass is 16.6. The molecule has 7 nitrogen and oxygen atoms in total. The molecule has 0 bridgehead atoms. The molecule has 4 rings (SSSR count). The summed E-state index contributed by atoms with van der Waals surface area (Å²) in [4.78, 5) is 21.4. The van der Waals surface area contributed by atoms with Gasteiger partial charge in [0.15, 0.2) is 17.6 Å². The molecule has 154 valence electrons. The average Bonchev–Trinajstić information content (AvgIpc) is 2.78. The number of benzene rings is 1. The van der Waals surface area contributed by atoms with E-state index in [1.165, 1.54) is 0 Å². The van der Waals surface area contributed by atoms with E-state index in [-0.39, 0.29) is 18.1 Å². The third kappa shape index (κ3) is 4.68. The molecule has 2 unspecified atom stereocenters. The Morgan fingerprint density at radius 2 is 2.14 bits per heavy atom. The second kappa shape index (κ2) is 9.24. The van der Waals surface area contributed by atoms with Gasteiger partial charge in [0.25, 0.3) is 0 Å². The summed E-state index contributed by atoms with van der Waals surface area (Å²) in [5.74, 6) is 1.62. The van der Waals surface area contributed by atoms with Crippen LogP contribution in [-0.4, -0.2) is 72.7 Å². The molecule has 0 aliphatic carbocycles. The van der Waals surface area contributed by atoms with Crippen LogP contribution in [0.2, 0.25) is 0 Å². The topological polar surface area (TPSA) is 66.9 Å². The molecule has 1 aromatic heterocycles. The quantitative estimate of drug-likeness (QED) is 0.802. The van der Waals surface area contributed by atoms with Crippen LogP contribution in [0.4, 0.5) is 0 Å². The first-order valence-corrected chi connectivity index (χ1v) is 10.3. The largest absolute Gasteiger partial charge is 0.486 e. The summed E-state index contributed by atoms with van der Waals surface area (Å²) >= 11 is 0. The normalized spacial score (nSPS) is 21.6. The van der Waals surface area contributed by atoms with E-state index in [4.69, 9.17) is 9.47 Å². The molecule has 0 saturated carbocycles. The van der Waals surface area contributed by atoms with Gasteiger partial charge in [-0.2, -0.15) is 0 Å². The minimum atomic E-state index is -0.161. The average molecular weight is 396 g/mol. The van der Waals surface area contributed by atoms with Gasteiger partial charge in [-0.05, 0) is 30.7 Å². The number of fused-ring (bicyclic) bond motifs is 1. The fourth-order valence-corrected chi connectivity index (χ4v) is 3.92. The number of ether oxygens (including phenoxy) is 2. The minimum absolute atomic E-state index is 0.116. The number of para-hydroxylation sites is 2. The third-order valence-corrected chi connectivity index (χ3v) is 5.49. The number of hydrogen-bond donors (Lipinski definition) is 1. The maximum atomic E-state index is 13.1. The van der Waals surface area contributed by atoms with E-state index in [0.717, 1.165) is 36.7 Å². The van der Waals surface area contributed by atoms with Crippen molar-refractivity contribution in [1.29, 1.82) is 0 Å². The van der Waals surface area contributed by atoms with E-state index in [9.17, 15) is 4.79 Å². The van der Waals surface area contributed by atoms with Crippen LogP contribution in [0.5, 0.6) is 11.5 Å². The molecule has 0 radical (unpaired) electrons. The standard InChI is InChI=1S/C22H28N4O3/c1-2-25(14-18-16-28-20-7-3-4-8-21(20)29-18)22(27)15-26-11-10-24-13-19(26)17-6-5-9-23-12-17/h3-9,12,18-19,24H,2,10-11,13-16H2,1H3. The highest BCUT2D eigenvalue weighted by Gasteiger charge is 2.29. The van der Waals surface area contributed by atoms with E-state index in [1.54, 1.807) is 6.20 Å². The zero-order valence-electron chi connectivity index (χ0n) is 16.8. The summed E-state index contributed by atoms with van der Waals surface area (Å²) in [6.45, 7) is 6.54. The molecular weight excluding hydrogens is 368 g/mol. The van der Waals surface area contributed by atoms with Crippen LogP contribution in [0, 0.1) is 0 Å². The summed E-state index contributed by atoms with van der Waals surface area (Å²) in [6.07, 6.45) is 3.50. The van der Waals surface area contributed by atoms with E-state index in [1.807, 2.05) is 48.4 Å². The van der Waals surface area contributed by atoms with E-state index in [0.29, 0.717) is 26.2 Å². The number of hydrogen-bond acceptors (Lipinski definition) is 6. The van der Waals surface area contributed by atoms with Crippen molar-refractivity contribution in [2.75, 3.05) is 45.9 Å². The fourth-order valence-electron chi connectivity index (χ4n) is 3.92. The molecule has 3 heterocycles. The van der Waals surface area contributed by atoms with Gasteiger partial charge in [-0.25, -0.2) is 0 Å². The van der Waals surface area contributed by atoms with Crippen molar-refractivity contribution in [3.05, 3.63) is 54.4 Å². The van der Waals surface area contributed by atoms with Gasteiger partial charge in [-0.1, -0.05) is 18.2 Å². The summed E-state index contributed by atoms with van der Waals surface area (Å²) in [5.41, 5.74) is 1.14. The zero-order valence-corrected chi connectivity index (χ0v) is 16.8. The first kappa shape index (κ1) is 19.7. The Bertz CT molecular complexity index is 817. The van der Waals surface area contributed by atoms with Crippen molar-refractivity contribution in [3.63, 3.8) is 0 Å². The smallest absolute Gasteiger partial charge is 0.236 e. The van der Waals surface area contributed by atoms with Gasteiger partial charge in [0.05, 0.1) is 13.1 Å². The van der Waals surface area contributed by atoms with Crippen molar-refractivity contribution in [1.82, 2.24) is 20.1 Å². The molecule has 1 aromatic carbocycles. The van der Waals surface area contributed by atoms with Crippen molar-refractivity contribution in [3.8, 4) is 11.5 Å². The van der Waals surface area contributed by atoms with Gasteiger partial charge in [0.1, 0.15) is 6.61 Å². The molecule has 1 saturated heterocycles. The Kier molecular flexibility index (Phi) is 6.27. The Morgan fingerprint density at radius 3 is 2.93 bits per heavy atom. The molecular formula is C22H28N4O3. The molecule has 2 aliphatic rings. The third-order valence-electron chi connectivity index (χ3n) is 5.49. The lowest BCUT2D eigenvalue weighted by Gasteiger charge is -2.37. The number of likely N-dealkylation sites (N-methyl/N-ethyl adjacent to an activating group) is 1.